The number of nitrogens with two attached hydrogens (primary N) is 1. The van der Waals surface area contributed by atoms with Crippen molar-refractivity contribution in [1.29, 1.82) is 0 Å². The van der Waals surface area contributed by atoms with Gasteiger partial charge in [-0.05, 0) is 18.9 Å². The highest BCUT2D eigenvalue weighted by Crippen LogP contribution is 2.17. The van der Waals surface area contributed by atoms with Crippen molar-refractivity contribution in [2.75, 3.05) is 12.0 Å². The molecule has 0 aromatic heterocycles. The van der Waals surface area contributed by atoms with Crippen LogP contribution < -0.4 is 11.3 Å². The molecule has 0 fully saturated rings. The molecule has 90 valence electrons. The lowest BCUT2D eigenvalue weighted by atomic mass is 10.0. The summed E-state index contributed by atoms with van der Waals surface area (Å²) in [6, 6.07) is 7.77. The summed E-state index contributed by atoms with van der Waals surface area (Å²) in [5, 5.41) is 0. The minimum Gasteiger partial charge on any atom is -0.271 e. The molecule has 1 atom stereocenters. The van der Waals surface area contributed by atoms with Crippen LogP contribution in [0.5, 0.6) is 0 Å². The largest absolute Gasteiger partial charge is 0.271 e. The maximum Gasteiger partial charge on any atom is 0.147 e. The highest BCUT2D eigenvalue weighted by Gasteiger charge is 2.12. The fourth-order valence-electron chi connectivity index (χ4n) is 1.57. The zero-order valence-corrected chi connectivity index (χ0v) is 10.4. The van der Waals surface area contributed by atoms with Gasteiger partial charge in [0.15, 0.2) is 0 Å². The quantitative estimate of drug-likeness (QED) is 0.595. The van der Waals surface area contributed by atoms with Crippen molar-refractivity contribution < 1.29 is 8.42 Å². The zero-order chi connectivity index (χ0) is 12.2. The van der Waals surface area contributed by atoms with Gasteiger partial charge in [0.1, 0.15) is 9.84 Å². The van der Waals surface area contributed by atoms with Gasteiger partial charge in [-0.15, -0.1) is 0 Å². The second-order valence-corrected chi connectivity index (χ2v) is 6.31. The van der Waals surface area contributed by atoms with Crippen LogP contribution in [0.3, 0.4) is 0 Å². The van der Waals surface area contributed by atoms with E-state index in [1.807, 2.05) is 31.2 Å². The summed E-state index contributed by atoms with van der Waals surface area (Å²) >= 11 is 0. The topological polar surface area (TPSA) is 72.2 Å². The van der Waals surface area contributed by atoms with E-state index in [0.29, 0.717) is 6.42 Å². The van der Waals surface area contributed by atoms with Crippen molar-refractivity contribution in [3.05, 3.63) is 35.4 Å². The number of benzene rings is 1. The monoisotopic (exact) mass is 242 g/mol. The van der Waals surface area contributed by atoms with Crippen LogP contribution in [0.1, 0.15) is 23.6 Å². The number of hydrogen-bond donors (Lipinski definition) is 2. The van der Waals surface area contributed by atoms with Gasteiger partial charge in [0.2, 0.25) is 0 Å². The number of hydrogen-bond acceptors (Lipinski definition) is 4. The molecule has 0 saturated heterocycles. The highest BCUT2D eigenvalue weighted by molar-refractivity contribution is 7.90. The van der Waals surface area contributed by atoms with Crippen LogP contribution in [-0.4, -0.2) is 20.4 Å². The Morgan fingerprint density at radius 2 is 2.12 bits per heavy atom. The van der Waals surface area contributed by atoms with Crippen LogP contribution in [0.25, 0.3) is 0 Å². The van der Waals surface area contributed by atoms with Gasteiger partial charge >= 0.3 is 0 Å². The first-order valence-corrected chi connectivity index (χ1v) is 7.19. The lowest BCUT2D eigenvalue weighted by Crippen LogP contribution is -2.29. The van der Waals surface area contributed by atoms with E-state index in [1.54, 1.807) is 0 Å². The summed E-state index contributed by atoms with van der Waals surface area (Å²) < 4.78 is 22.2. The molecule has 3 N–H and O–H groups in total. The van der Waals surface area contributed by atoms with Gasteiger partial charge in [0.25, 0.3) is 0 Å². The summed E-state index contributed by atoms with van der Waals surface area (Å²) in [4.78, 5) is 0. The standard InChI is InChI=1S/C11H18N2O2S/c1-9-4-3-5-10(8-9)11(13-12)6-7-16(2,14)15/h3-5,8,11,13H,6-7,12H2,1-2H3. The molecule has 0 aliphatic rings. The molecule has 1 aromatic carbocycles. The molecule has 0 saturated carbocycles. The van der Waals surface area contributed by atoms with Crippen molar-refractivity contribution >= 4 is 9.84 Å². The molecule has 1 aromatic rings. The Bertz CT molecular complexity index is 443. The van der Waals surface area contributed by atoms with Crippen molar-refractivity contribution in [3.63, 3.8) is 0 Å². The predicted octanol–water partition coefficient (Wildman–Crippen LogP) is 0.934. The lowest BCUT2D eigenvalue weighted by molar-refractivity contribution is 0.531. The van der Waals surface area contributed by atoms with E-state index in [9.17, 15) is 8.42 Å². The molecule has 0 radical (unpaired) electrons. The molecule has 0 aliphatic heterocycles. The molecular weight excluding hydrogens is 224 g/mol. The van der Waals surface area contributed by atoms with Crippen molar-refractivity contribution in [2.45, 2.75) is 19.4 Å². The number of hydrazine groups is 1. The van der Waals surface area contributed by atoms with E-state index in [0.717, 1.165) is 11.1 Å². The molecular formula is C11H18N2O2S. The van der Waals surface area contributed by atoms with Crippen LogP contribution in [-0.2, 0) is 9.84 Å². The number of nitrogens with one attached hydrogen (secondary N) is 1. The van der Waals surface area contributed by atoms with E-state index in [-0.39, 0.29) is 11.8 Å². The van der Waals surface area contributed by atoms with Crippen LogP contribution >= 0.6 is 0 Å². The zero-order valence-electron chi connectivity index (χ0n) is 9.60. The average molecular weight is 242 g/mol. The van der Waals surface area contributed by atoms with Crippen LogP contribution in [0.4, 0.5) is 0 Å². The van der Waals surface area contributed by atoms with Crippen molar-refractivity contribution in [2.24, 2.45) is 5.84 Å². The fourth-order valence-corrected chi connectivity index (χ4v) is 2.23. The summed E-state index contributed by atoms with van der Waals surface area (Å²) in [7, 11) is -2.94. The Kier molecular flexibility index (Phi) is 4.46. The SMILES string of the molecule is Cc1cccc(C(CCS(C)(=O)=O)NN)c1. The van der Waals surface area contributed by atoms with Crippen LogP contribution in [0.2, 0.25) is 0 Å². The average Bonchev–Trinajstić information content (AvgIpc) is 2.17. The maximum absolute atomic E-state index is 11.1. The van der Waals surface area contributed by atoms with Gasteiger partial charge in [0.05, 0.1) is 5.75 Å². The van der Waals surface area contributed by atoms with Crippen LogP contribution in [0.15, 0.2) is 24.3 Å². The molecule has 16 heavy (non-hydrogen) atoms. The van der Waals surface area contributed by atoms with Crippen LogP contribution in [0, 0.1) is 6.92 Å². The fraction of sp³-hybridized carbons (Fsp3) is 0.455. The van der Waals surface area contributed by atoms with Crippen molar-refractivity contribution in [1.82, 2.24) is 5.43 Å². The molecule has 4 nitrogen and oxygen atoms in total. The third-order valence-electron chi connectivity index (χ3n) is 2.42. The van der Waals surface area contributed by atoms with E-state index >= 15 is 0 Å². The van der Waals surface area contributed by atoms with E-state index in [4.69, 9.17) is 5.84 Å². The first-order valence-electron chi connectivity index (χ1n) is 5.13. The molecule has 0 spiro atoms. The molecule has 1 unspecified atom stereocenters. The van der Waals surface area contributed by atoms with Gasteiger partial charge in [-0.1, -0.05) is 29.8 Å². The van der Waals surface area contributed by atoms with Crippen molar-refractivity contribution in [3.8, 4) is 0 Å². The first-order chi connectivity index (χ1) is 7.42. The normalized spacial score (nSPS) is 13.7. The second kappa shape index (κ2) is 5.43. The highest BCUT2D eigenvalue weighted by atomic mass is 32.2. The minimum atomic E-state index is -2.94. The third-order valence-corrected chi connectivity index (χ3v) is 3.40. The molecule has 5 heteroatoms. The molecule has 0 bridgehead atoms. The minimum absolute atomic E-state index is 0.116. The third kappa shape index (κ3) is 4.30. The van der Waals surface area contributed by atoms with E-state index in [1.165, 1.54) is 6.26 Å². The molecule has 1 rings (SSSR count). The molecule has 0 heterocycles. The Hall–Kier alpha value is -0.910. The maximum atomic E-state index is 11.1. The van der Waals surface area contributed by atoms with Gasteiger partial charge in [-0.2, -0.15) is 0 Å². The number of aryl methyl sites for hydroxylation is 1. The van der Waals surface area contributed by atoms with E-state index in [2.05, 4.69) is 5.43 Å². The number of sulfone groups is 1. The Morgan fingerprint density at radius 3 is 2.62 bits per heavy atom. The van der Waals surface area contributed by atoms with Gasteiger partial charge in [-0.25, -0.2) is 8.42 Å². The first kappa shape index (κ1) is 13.2. The Balaban J connectivity index is 2.75. The van der Waals surface area contributed by atoms with Gasteiger partial charge in [0, 0.05) is 12.3 Å². The summed E-state index contributed by atoms with van der Waals surface area (Å²) in [5.41, 5.74) is 4.81. The number of rotatable bonds is 5. The van der Waals surface area contributed by atoms with Gasteiger partial charge < -0.3 is 0 Å². The second-order valence-electron chi connectivity index (χ2n) is 4.05. The Labute approximate surface area is 96.7 Å². The predicted molar refractivity (Wildman–Crippen MR) is 65.6 cm³/mol. The molecule has 0 amide bonds. The van der Waals surface area contributed by atoms with E-state index < -0.39 is 9.84 Å². The smallest absolute Gasteiger partial charge is 0.147 e. The summed E-state index contributed by atoms with van der Waals surface area (Å²) in [6.07, 6.45) is 1.72. The van der Waals surface area contributed by atoms with Gasteiger partial charge in [-0.3, -0.25) is 11.3 Å². The summed E-state index contributed by atoms with van der Waals surface area (Å²) in [6.45, 7) is 1.99. The lowest BCUT2D eigenvalue weighted by Gasteiger charge is -2.16. The summed E-state index contributed by atoms with van der Waals surface area (Å²) in [5.74, 6) is 5.57. The Morgan fingerprint density at radius 1 is 1.44 bits per heavy atom. The molecule has 0 aliphatic carbocycles.